The molecule has 2 aromatic rings. The minimum absolute atomic E-state index is 0.195. The van der Waals surface area contributed by atoms with Crippen LogP contribution in [0.15, 0.2) is 18.2 Å². The van der Waals surface area contributed by atoms with Gasteiger partial charge < -0.3 is 4.74 Å². The predicted molar refractivity (Wildman–Crippen MR) is 81.9 cm³/mol. The Kier molecular flexibility index (Phi) is 5.51. The average Bonchev–Trinajstić information content (AvgIpc) is 2.55. The summed E-state index contributed by atoms with van der Waals surface area (Å²) in [5.41, 5.74) is -0.127. The topological polar surface area (TPSA) is 52.4 Å². The summed E-state index contributed by atoms with van der Waals surface area (Å²) < 4.78 is 59.1. The van der Waals surface area contributed by atoms with E-state index >= 15 is 0 Å². The van der Waals surface area contributed by atoms with Crippen molar-refractivity contribution in [3.8, 4) is 0 Å². The number of ether oxygens (including phenoxy) is 1. The van der Waals surface area contributed by atoms with Gasteiger partial charge in [-0.1, -0.05) is 15.3 Å². The molecule has 9 heteroatoms. The van der Waals surface area contributed by atoms with Crippen molar-refractivity contribution >= 4 is 20.2 Å². The largest absolute Gasteiger partial charge is 0.372 e. The lowest BCUT2D eigenvalue weighted by Crippen LogP contribution is -2.16. The molecule has 0 aliphatic carbocycles. The third-order valence-electron chi connectivity index (χ3n) is 3.33. The third-order valence-corrected chi connectivity index (χ3v) is 3.84. The van der Waals surface area contributed by atoms with Crippen LogP contribution < -0.4 is 5.30 Å². The van der Waals surface area contributed by atoms with Gasteiger partial charge in [-0.2, -0.15) is 0 Å². The SMILES string of the molecule is Cc1ccc(COCc2c(F)c(F)c(F)c(P)c2F)c([N+](=O)[O-])c1. The van der Waals surface area contributed by atoms with Crippen LogP contribution in [0.2, 0.25) is 0 Å². The van der Waals surface area contributed by atoms with Gasteiger partial charge in [0.2, 0.25) is 0 Å². The van der Waals surface area contributed by atoms with Gasteiger partial charge in [0, 0.05) is 11.4 Å². The molecule has 0 radical (unpaired) electrons. The highest BCUT2D eigenvalue weighted by atomic mass is 31.0. The predicted octanol–water partition coefficient (Wildman–Crippen LogP) is 3.68. The zero-order valence-electron chi connectivity index (χ0n) is 12.4. The molecule has 0 aliphatic rings. The van der Waals surface area contributed by atoms with E-state index in [0.717, 1.165) is 0 Å². The Bertz CT molecular complexity index is 785. The fourth-order valence-electron chi connectivity index (χ4n) is 2.06. The molecule has 0 saturated heterocycles. The molecule has 0 bridgehead atoms. The van der Waals surface area contributed by atoms with Gasteiger partial charge in [0.25, 0.3) is 5.69 Å². The van der Waals surface area contributed by atoms with Crippen molar-refractivity contribution in [3.63, 3.8) is 0 Å². The molecule has 0 aromatic heterocycles. The van der Waals surface area contributed by atoms with Crippen molar-refractivity contribution in [2.45, 2.75) is 20.1 Å². The summed E-state index contributed by atoms with van der Waals surface area (Å²) in [5, 5.41) is 10.2. The average molecular weight is 361 g/mol. The summed E-state index contributed by atoms with van der Waals surface area (Å²) in [6.45, 7) is 0.645. The van der Waals surface area contributed by atoms with Crippen molar-refractivity contribution in [2.75, 3.05) is 0 Å². The number of benzene rings is 2. The molecule has 2 rings (SSSR count). The van der Waals surface area contributed by atoms with Gasteiger partial charge in [0.15, 0.2) is 17.5 Å². The van der Waals surface area contributed by atoms with Crippen molar-refractivity contribution in [3.05, 3.63) is 68.3 Å². The number of hydrogen-bond acceptors (Lipinski definition) is 3. The minimum atomic E-state index is -1.80. The standard InChI is InChI=1S/C15H12F4NO3P/c1-7-2-3-8(10(4-7)20(21)22)5-23-6-9-11(16)13(18)14(19)15(24)12(9)17/h2-4H,5-6,24H2,1H3. The quantitative estimate of drug-likeness (QED) is 0.204. The van der Waals surface area contributed by atoms with Crippen LogP contribution in [0.25, 0.3) is 0 Å². The third kappa shape index (κ3) is 3.55. The van der Waals surface area contributed by atoms with E-state index in [2.05, 4.69) is 0 Å². The molecule has 0 heterocycles. The van der Waals surface area contributed by atoms with Crippen LogP contribution in [0.3, 0.4) is 0 Å². The highest BCUT2D eigenvalue weighted by Crippen LogP contribution is 2.23. The van der Waals surface area contributed by atoms with E-state index in [9.17, 15) is 27.7 Å². The van der Waals surface area contributed by atoms with Crippen molar-refractivity contribution in [1.82, 2.24) is 0 Å². The van der Waals surface area contributed by atoms with Gasteiger partial charge >= 0.3 is 0 Å². The first kappa shape index (κ1) is 18.3. The fourth-order valence-corrected chi connectivity index (χ4v) is 2.36. The number of rotatable bonds is 5. The maximum atomic E-state index is 13.8. The first-order valence-corrected chi connectivity index (χ1v) is 7.23. The molecule has 4 nitrogen and oxygen atoms in total. The molecular formula is C15H12F4NO3P. The number of nitrogens with zero attached hydrogens (tertiary/aromatic N) is 1. The summed E-state index contributed by atoms with van der Waals surface area (Å²) in [4.78, 5) is 10.4. The van der Waals surface area contributed by atoms with Crippen molar-refractivity contribution in [1.29, 1.82) is 0 Å². The summed E-state index contributed by atoms with van der Waals surface area (Å²) in [5.74, 6) is -6.40. The number of aryl methyl sites for hydroxylation is 1. The minimum Gasteiger partial charge on any atom is -0.372 e. The van der Waals surface area contributed by atoms with Gasteiger partial charge in [0.1, 0.15) is 5.82 Å². The molecule has 0 aliphatic heterocycles. The van der Waals surface area contributed by atoms with Crippen LogP contribution in [-0.4, -0.2) is 4.92 Å². The molecular weight excluding hydrogens is 349 g/mol. The molecule has 0 N–H and O–H groups in total. The van der Waals surface area contributed by atoms with Crippen LogP contribution in [0.1, 0.15) is 16.7 Å². The number of halogens is 4. The number of hydrogen-bond donors (Lipinski definition) is 0. The maximum absolute atomic E-state index is 13.8. The molecule has 128 valence electrons. The Morgan fingerprint density at radius 3 is 2.38 bits per heavy atom. The highest BCUT2D eigenvalue weighted by molar-refractivity contribution is 7.27. The smallest absolute Gasteiger partial charge is 0.275 e. The lowest BCUT2D eigenvalue weighted by molar-refractivity contribution is -0.386. The number of nitro benzene ring substituents is 1. The van der Waals surface area contributed by atoms with Crippen LogP contribution in [0, 0.1) is 40.3 Å². The van der Waals surface area contributed by atoms with E-state index < -0.39 is 45.7 Å². The van der Waals surface area contributed by atoms with Gasteiger partial charge in [-0.05, 0) is 18.6 Å². The molecule has 24 heavy (non-hydrogen) atoms. The van der Waals surface area contributed by atoms with Gasteiger partial charge in [-0.3, -0.25) is 10.1 Å². The summed E-state index contributed by atoms with van der Waals surface area (Å²) in [6, 6.07) is 4.40. The van der Waals surface area contributed by atoms with E-state index in [1.165, 1.54) is 12.1 Å². The fraction of sp³-hybridized carbons (Fsp3) is 0.200. The van der Waals surface area contributed by atoms with Crippen LogP contribution >= 0.6 is 9.24 Å². The second-order valence-corrected chi connectivity index (χ2v) is 5.61. The van der Waals surface area contributed by atoms with Gasteiger partial charge in [0.05, 0.1) is 29.3 Å². The number of nitro groups is 1. The first-order chi connectivity index (χ1) is 11.2. The second-order valence-electron chi connectivity index (χ2n) is 5.03. The van der Waals surface area contributed by atoms with Crippen molar-refractivity contribution < 1.29 is 27.2 Å². The molecule has 1 atom stereocenters. The van der Waals surface area contributed by atoms with Crippen LogP contribution in [-0.2, 0) is 18.0 Å². The second kappa shape index (κ2) is 7.23. The van der Waals surface area contributed by atoms with Crippen molar-refractivity contribution in [2.24, 2.45) is 0 Å². The lowest BCUT2D eigenvalue weighted by Gasteiger charge is -2.11. The Hall–Kier alpha value is -2.05. The van der Waals surface area contributed by atoms with Crippen LogP contribution in [0.5, 0.6) is 0 Å². The summed E-state index contributed by atoms with van der Waals surface area (Å²) >= 11 is 0. The van der Waals surface area contributed by atoms with Gasteiger partial charge in [-0.15, -0.1) is 0 Å². The first-order valence-electron chi connectivity index (χ1n) is 6.66. The summed E-state index contributed by atoms with van der Waals surface area (Å²) in [6.07, 6.45) is 0. The zero-order chi connectivity index (χ0) is 18.0. The van der Waals surface area contributed by atoms with Crippen LogP contribution in [0.4, 0.5) is 23.2 Å². The summed E-state index contributed by atoms with van der Waals surface area (Å²) in [7, 11) is 1.65. The Balaban J connectivity index is 2.21. The molecule has 0 spiro atoms. The van der Waals surface area contributed by atoms with E-state index in [4.69, 9.17) is 4.74 Å². The monoisotopic (exact) mass is 361 g/mol. The molecule has 0 amide bonds. The lowest BCUT2D eigenvalue weighted by atomic mass is 10.1. The Labute approximate surface area is 136 Å². The molecule has 2 aromatic carbocycles. The maximum Gasteiger partial charge on any atom is 0.275 e. The molecule has 1 unspecified atom stereocenters. The molecule has 0 saturated carbocycles. The Morgan fingerprint density at radius 2 is 1.75 bits per heavy atom. The van der Waals surface area contributed by atoms with E-state index in [-0.39, 0.29) is 17.9 Å². The van der Waals surface area contributed by atoms with E-state index in [0.29, 0.717) is 5.56 Å². The van der Waals surface area contributed by atoms with E-state index in [1.807, 2.05) is 0 Å². The van der Waals surface area contributed by atoms with Gasteiger partial charge in [-0.25, -0.2) is 17.6 Å². The zero-order valence-corrected chi connectivity index (χ0v) is 13.6. The Morgan fingerprint density at radius 1 is 1.08 bits per heavy atom. The highest BCUT2D eigenvalue weighted by Gasteiger charge is 2.23. The normalized spacial score (nSPS) is 10.9. The van der Waals surface area contributed by atoms with E-state index in [1.54, 1.807) is 22.2 Å². The molecule has 0 fully saturated rings.